The molecule has 3 rings (SSSR count). The molecule has 0 radical (unpaired) electrons. The second-order valence-electron chi connectivity index (χ2n) is 7.13. The third-order valence-electron chi connectivity index (χ3n) is 6.12. The van der Waals surface area contributed by atoms with Crippen molar-refractivity contribution in [3.8, 4) is 0 Å². The lowest BCUT2D eigenvalue weighted by molar-refractivity contribution is -0.167. The van der Waals surface area contributed by atoms with Gasteiger partial charge in [-0.1, -0.05) is 13.5 Å². The minimum atomic E-state index is -0.449. The molecule has 0 aromatic rings. The van der Waals surface area contributed by atoms with E-state index in [1.165, 1.54) is 6.92 Å². The fourth-order valence-electron chi connectivity index (χ4n) is 5.02. The Kier molecular flexibility index (Phi) is 3.79. The van der Waals surface area contributed by atoms with E-state index in [0.717, 1.165) is 25.7 Å². The summed E-state index contributed by atoms with van der Waals surface area (Å²) in [5.74, 6) is -0.326. The summed E-state index contributed by atoms with van der Waals surface area (Å²) >= 11 is 0. The van der Waals surface area contributed by atoms with Crippen LogP contribution in [-0.4, -0.2) is 35.9 Å². The number of aliphatic hydroxyl groups is 1. The van der Waals surface area contributed by atoms with Gasteiger partial charge in [0.2, 0.25) is 0 Å². The molecule has 1 heterocycles. The van der Waals surface area contributed by atoms with Gasteiger partial charge in [0.25, 0.3) is 0 Å². The predicted molar refractivity (Wildman–Crippen MR) is 78.7 cm³/mol. The van der Waals surface area contributed by atoms with E-state index in [2.05, 4.69) is 13.5 Å². The molecule has 122 valence electrons. The molecule has 0 unspecified atom stereocenters. The maximum absolute atomic E-state index is 12.0. The molecule has 0 spiro atoms. The van der Waals surface area contributed by atoms with Crippen molar-refractivity contribution in [1.82, 2.24) is 0 Å². The van der Waals surface area contributed by atoms with E-state index in [1.54, 1.807) is 0 Å². The Morgan fingerprint density at radius 1 is 1.41 bits per heavy atom. The second kappa shape index (κ2) is 5.37. The van der Waals surface area contributed by atoms with Crippen molar-refractivity contribution in [2.45, 2.75) is 51.7 Å². The van der Waals surface area contributed by atoms with Crippen molar-refractivity contribution >= 4 is 11.9 Å². The third kappa shape index (κ3) is 2.09. The molecule has 22 heavy (non-hydrogen) atoms. The van der Waals surface area contributed by atoms with Crippen LogP contribution in [0.2, 0.25) is 0 Å². The number of ether oxygens (including phenoxy) is 2. The minimum absolute atomic E-state index is 0.0345. The average Bonchev–Trinajstić information content (AvgIpc) is 2.89. The smallest absolute Gasteiger partial charge is 0.334 e. The summed E-state index contributed by atoms with van der Waals surface area (Å²) in [6, 6.07) is 0. The number of aliphatic hydroxyl groups excluding tert-OH is 1. The van der Waals surface area contributed by atoms with E-state index in [9.17, 15) is 14.7 Å². The molecular weight excluding hydrogens is 284 g/mol. The lowest BCUT2D eigenvalue weighted by Crippen LogP contribution is -2.48. The Bertz CT molecular complexity index is 513. The quantitative estimate of drug-likeness (QED) is 0.622. The molecule has 0 bridgehead atoms. The number of rotatable bonds is 2. The van der Waals surface area contributed by atoms with E-state index in [0.29, 0.717) is 5.57 Å². The highest BCUT2D eigenvalue weighted by atomic mass is 16.6. The Morgan fingerprint density at radius 3 is 2.77 bits per heavy atom. The maximum atomic E-state index is 12.0. The standard InChI is InChI=1S/C17H24O5/c1-9-12-5-4-11(8-18)13-6-7-14(21-10(2)19)17(13,3)15(12)22-16(9)20/h11-15,18H,1,4-8H2,2-3H3/t11-,12+,13+,14-,15-,17+/m1/s1. The highest BCUT2D eigenvalue weighted by Crippen LogP contribution is 2.58. The highest BCUT2D eigenvalue weighted by molar-refractivity contribution is 5.91. The van der Waals surface area contributed by atoms with E-state index >= 15 is 0 Å². The van der Waals surface area contributed by atoms with Gasteiger partial charge in [-0.15, -0.1) is 0 Å². The van der Waals surface area contributed by atoms with Gasteiger partial charge in [0.15, 0.2) is 0 Å². The van der Waals surface area contributed by atoms with Crippen LogP contribution in [0.15, 0.2) is 12.2 Å². The maximum Gasteiger partial charge on any atom is 0.334 e. The zero-order valence-corrected chi connectivity index (χ0v) is 13.2. The number of hydrogen-bond donors (Lipinski definition) is 1. The summed E-state index contributed by atoms with van der Waals surface area (Å²) in [6.45, 7) is 7.48. The number of carbonyl (C=O) groups is 2. The van der Waals surface area contributed by atoms with Crippen molar-refractivity contribution in [3.05, 3.63) is 12.2 Å². The number of esters is 2. The Balaban J connectivity index is 2.01. The fourth-order valence-corrected chi connectivity index (χ4v) is 5.02. The summed E-state index contributed by atoms with van der Waals surface area (Å²) in [5.41, 5.74) is 0.0760. The molecule has 1 saturated heterocycles. The van der Waals surface area contributed by atoms with Crippen LogP contribution in [0.4, 0.5) is 0 Å². The van der Waals surface area contributed by atoms with Gasteiger partial charge >= 0.3 is 11.9 Å². The van der Waals surface area contributed by atoms with Crippen molar-refractivity contribution in [1.29, 1.82) is 0 Å². The van der Waals surface area contributed by atoms with Crippen molar-refractivity contribution in [3.63, 3.8) is 0 Å². The topological polar surface area (TPSA) is 72.8 Å². The summed E-state index contributed by atoms with van der Waals surface area (Å²) in [4.78, 5) is 23.5. The van der Waals surface area contributed by atoms with Crippen LogP contribution in [0.1, 0.15) is 39.5 Å². The summed E-state index contributed by atoms with van der Waals surface area (Å²) < 4.78 is 11.2. The molecule has 0 aromatic carbocycles. The molecule has 2 saturated carbocycles. The first-order valence-corrected chi connectivity index (χ1v) is 8.07. The van der Waals surface area contributed by atoms with Gasteiger partial charge in [-0.2, -0.15) is 0 Å². The zero-order chi connectivity index (χ0) is 16.1. The summed E-state index contributed by atoms with van der Waals surface area (Å²) in [5, 5.41) is 9.79. The monoisotopic (exact) mass is 308 g/mol. The van der Waals surface area contributed by atoms with Gasteiger partial charge in [0.05, 0.1) is 0 Å². The first-order chi connectivity index (χ1) is 10.4. The largest absolute Gasteiger partial charge is 0.462 e. The highest BCUT2D eigenvalue weighted by Gasteiger charge is 2.62. The zero-order valence-electron chi connectivity index (χ0n) is 13.2. The first-order valence-electron chi connectivity index (χ1n) is 8.07. The first kappa shape index (κ1) is 15.5. The number of fused-ring (bicyclic) bond motifs is 3. The van der Waals surface area contributed by atoms with Crippen LogP contribution in [0.5, 0.6) is 0 Å². The lowest BCUT2D eigenvalue weighted by atomic mass is 9.67. The van der Waals surface area contributed by atoms with Gasteiger partial charge in [-0.05, 0) is 37.5 Å². The van der Waals surface area contributed by atoms with E-state index in [1.807, 2.05) is 0 Å². The molecule has 2 aliphatic carbocycles. The van der Waals surface area contributed by atoms with Crippen LogP contribution < -0.4 is 0 Å². The van der Waals surface area contributed by atoms with Crippen LogP contribution >= 0.6 is 0 Å². The Hall–Kier alpha value is -1.36. The molecule has 1 aliphatic heterocycles. The molecule has 5 nitrogen and oxygen atoms in total. The molecule has 3 aliphatic rings. The third-order valence-corrected chi connectivity index (χ3v) is 6.12. The number of hydrogen-bond acceptors (Lipinski definition) is 5. The Labute approximate surface area is 130 Å². The minimum Gasteiger partial charge on any atom is -0.462 e. The molecule has 6 atom stereocenters. The second-order valence-corrected chi connectivity index (χ2v) is 7.13. The van der Waals surface area contributed by atoms with Crippen molar-refractivity contribution in [2.24, 2.45) is 23.2 Å². The molecule has 0 amide bonds. The fraction of sp³-hybridized carbons (Fsp3) is 0.765. The van der Waals surface area contributed by atoms with Crippen molar-refractivity contribution < 1.29 is 24.2 Å². The lowest BCUT2D eigenvalue weighted by Gasteiger charge is -2.42. The molecule has 5 heteroatoms. The predicted octanol–water partition coefficient (Wildman–Crippen LogP) is 1.83. The van der Waals surface area contributed by atoms with E-state index in [4.69, 9.17) is 9.47 Å². The van der Waals surface area contributed by atoms with E-state index < -0.39 is 5.41 Å². The molecular formula is C17H24O5. The van der Waals surface area contributed by atoms with Crippen LogP contribution in [0.25, 0.3) is 0 Å². The van der Waals surface area contributed by atoms with Crippen LogP contribution in [0.3, 0.4) is 0 Å². The van der Waals surface area contributed by atoms with Gasteiger partial charge in [-0.25, -0.2) is 4.79 Å². The van der Waals surface area contributed by atoms with Crippen LogP contribution in [0, 0.1) is 23.2 Å². The van der Waals surface area contributed by atoms with Crippen molar-refractivity contribution in [2.75, 3.05) is 6.61 Å². The SMILES string of the molecule is C=C1C(=O)O[C@@H]2[C@H]1CC[C@H](CO)[C@@H]1CC[C@@H](OC(C)=O)[C@@]21C. The summed E-state index contributed by atoms with van der Waals surface area (Å²) in [6.07, 6.45) is 2.70. The molecule has 0 aromatic heterocycles. The van der Waals surface area contributed by atoms with Crippen LogP contribution in [-0.2, 0) is 19.1 Å². The Morgan fingerprint density at radius 2 is 2.14 bits per heavy atom. The van der Waals surface area contributed by atoms with Gasteiger partial charge in [0.1, 0.15) is 12.2 Å². The van der Waals surface area contributed by atoms with Gasteiger partial charge in [-0.3, -0.25) is 4.79 Å². The van der Waals surface area contributed by atoms with E-state index in [-0.39, 0.29) is 48.5 Å². The normalized spacial score (nSPS) is 44.0. The summed E-state index contributed by atoms with van der Waals surface area (Å²) in [7, 11) is 0. The average molecular weight is 308 g/mol. The van der Waals surface area contributed by atoms with Gasteiger partial charge in [0, 0.05) is 30.4 Å². The van der Waals surface area contributed by atoms with Gasteiger partial charge < -0.3 is 14.6 Å². The molecule has 1 N–H and O–H groups in total. The number of carbonyl (C=O) groups excluding carboxylic acids is 2. The molecule has 3 fully saturated rings.